The lowest BCUT2D eigenvalue weighted by Crippen LogP contribution is -2.31. The smallest absolute Gasteiger partial charge is 0.330 e. The van der Waals surface area contributed by atoms with Gasteiger partial charge in [0, 0.05) is 25.6 Å². The molecule has 0 aliphatic rings. The Morgan fingerprint density at radius 1 is 1.18 bits per heavy atom. The molecule has 0 bridgehead atoms. The number of ether oxygens (including phenoxy) is 1. The van der Waals surface area contributed by atoms with Crippen LogP contribution in [0.25, 0.3) is 22.6 Å². The Bertz CT molecular complexity index is 1430. The van der Waals surface area contributed by atoms with Gasteiger partial charge in [-0.1, -0.05) is 31.0 Å². The summed E-state index contributed by atoms with van der Waals surface area (Å²) in [5.41, 5.74) is 1.45. The minimum Gasteiger partial charge on any atom is -0.457 e. The summed E-state index contributed by atoms with van der Waals surface area (Å²) in [6, 6.07) is 7.69. The second kappa shape index (κ2) is 9.86. The van der Waals surface area contributed by atoms with Crippen molar-refractivity contribution in [2.24, 2.45) is 7.05 Å². The molecule has 0 aliphatic heterocycles. The number of aromatic nitrogens is 6. The number of carbonyl (C=O) groups is 1. The number of nitrogens with zero attached hydrogens (tertiary/aromatic N) is 5. The number of esters is 1. The number of aryl methyl sites for hydroxylation is 4. The van der Waals surface area contributed by atoms with E-state index in [2.05, 4.69) is 20.2 Å². The summed E-state index contributed by atoms with van der Waals surface area (Å²) in [7, 11) is 1.65. The molecule has 0 fully saturated rings. The third kappa shape index (κ3) is 4.82. The Morgan fingerprint density at radius 3 is 2.68 bits per heavy atom. The molecule has 11 nitrogen and oxygen atoms in total. The molecule has 0 radical (unpaired) electrons. The number of benzene rings is 1. The lowest BCUT2D eigenvalue weighted by Gasteiger charge is -2.04. The van der Waals surface area contributed by atoms with Crippen molar-refractivity contribution >= 4 is 17.1 Å². The molecular formula is C23H26N6O5. The maximum atomic E-state index is 12.3. The number of hydrogen-bond donors (Lipinski definition) is 1. The molecule has 1 N–H and O–H groups in total. The molecule has 11 heteroatoms. The number of imidazole rings is 1. The number of fused-ring (bicyclic) bond motifs is 1. The van der Waals surface area contributed by atoms with E-state index in [4.69, 9.17) is 9.15 Å². The summed E-state index contributed by atoms with van der Waals surface area (Å²) < 4.78 is 14.0. The third-order valence-electron chi connectivity index (χ3n) is 5.51. The Hall–Kier alpha value is -4.02. The normalized spacial score (nSPS) is 11.3. The van der Waals surface area contributed by atoms with E-state index in [1.165, 1.54) is 9.13 Å². The molecule has 178 valence electrons. The van der Waals surface area contributed by atoms with Crippen LogP contribution in [0.1, 0.15) is 43.5 Å². The zero-order valence-corrected chi connectivity index (χ0v) is 19.3. The Labute approximate surface area is 194 Å². The van der Waals surface area contributed by atoms with Crippen molar-refractivity contribution in [2.75, 3.05) is 0 Å². The van der Waals surface area contributed by atoms with E-state index in [0.29, 0.717) is 24.2 Å². The third-order valence-corrected chi connectivity index (χ3v) is 5.51. The molecule has 1 aromatic carbocycles. The van der Waals surface area contributed by atoms with Gasteiger partial charge in [0.05, 0.1) is 6.42 Å². The highest BCUT2D eigenvalue weighted by atomic mass is 16.5. The standard InChI is InChI=1S/C23H26N6O5/c1-4-5-12-29-20-19(21(31)25-23(29)32)28(3)16(24-20)13-33-18(30)11-10-17-26-27-22(34-17)15-8-6-14(2)7-9-15/h6-9H,4-5,10-13H2,1-3H3,(H,25,31,32). The van der Waals surface area contributed by atoms with Crippen LogP contribution in [0.4, 0.5) is 0 Å². The van der Waals surface area contributed by atoms with Crippen LogP contribution in [0.5, 0.6) is 0 Å². The van der Waals surface area contributed by atoms with Gasteiger partial charge in [0.25, 0.3) is 5.56 Å². The van der Waals surface area contributed by atoms with Gasteiger partial charge in [0.15, 0.2) is 11.2 Å². The molecule has 3 heterocycles. The minimum absolute atomic E-state index is 0.0429. The SMILES string of the molecule is CCCCn1c(=O)[nH]c(=O)c2c1nc(COC(=O)CCc1nnc(-c3ccc(C)cc3)o1)n2C. The van der Waals surface area contributed by atoms with Crippen molar-refractivity contribution in [3.63, 3.8) is 0 Å². The Kier molecular flexibility index (Phi) is 6.71. The van der Waals surface area contributed by atoms with Gasteiger partial charge in [-0.05, 0) is 25.5 Å². The number of H-pyrrole nitrogens is 1. The highest BCUT2D eigenvalue weighted by Crippen LogP contribution is 2.19. The van der Waals surface area contributed by atoms with E-state index in [-0.39, 0.29) is 30.6 Å². The fourth-order valence-electron chi connectivity index (χ4n) is 3.54. The first-order valence-corrected chi connectivity index (χ1v) is 11.1. The second-order valence-electron chi connectivity index (χ2n) is 8.05. The minimum atomic E-state index is -0.527. The molecule has 4 rings (SSSR count). The summed E-state index contributed by atoms with van der Waals surface area (Å²) >= 11 is 0. The van der Waals surface area contributed by atoms with Crippen LogP contribution < -0.4 is 11.2 Å². The molecule has 0 unspecified atom stereocenters. The maximum absolute atomic E-state index is 12.3. The van der Waals surface area contributed by atoms with E-state index in [1.54, 1.807) is 7.05 Å². The predicted octanol–water partition coefficient (Wildman–Crippen LogP) is 2.26. The maximum Gasteiger partial charge on any atom is 0.330 e. The predicted molar refractivity (Wildman–Crippen MR) is 123 cm³/mol. The quantitative estimate of drug-likeness (QED) is 0.371. The van der Waals surface area contributed by atoms with E-state index in [9.17, 15) is 14.4 Å². The van der Waals surface area contributed by atoms with Gasteiger partial charge in [0.1, 0.15) is 12.4 Å². The number of nitrogens with one attached hydrogen (secondary N) is 1. The molecule has 0 spiro atoms. The van der Waals surface area contributed by atoms with Crippen molar-refractivity contribution in [1.29, 1.82) is 0 Å². The fraction of sp³-hybridized carbons (Fsp3) is 0.391. The van der Waals surface area contributed by atoms with Gasteiger partial charge < -0.3 is 13.7 Å². The first-order chi connectivity index (χ1) is 16.4. The van der Waals surface area contributed by atoms with Crippen molar-refractivity contribution in [2.45, 2.75) is 52.7 Å². The van der Waals surface area contributed by atoms with Crippen LogP contribution in [0.2, 0.25) is 0 Å². The van der Waals surface area contributed by atoms with Gasteiger partial charge in [0.2, 0.25) is 11.8 Å². The molecule has 0 amide bonds. The van der Waals surface area contributed by atoms with Gasteiger partial charge >= 0.3 is 11.7 Å². The fourth-order valence-corrected chi connectivity index (χ4v) is 3.54. The number of aromatic amines is 1. The first-order valence-electron chi connectivity index (χ1n) is 11.1. The highest BCUT2D eigenvalue weighted by molar-refractivity contribution is 5.71. The summed E-state index contributed by atoms with van der Waals surface area (Å²) in [5.74, 6) is 0.618. The summed E-state index contributed by atoms with van der Waals surface area (Å²) in [6.07, 6.45) is 1.93. The van der Waals surface area contributed by atoms with Gasteiger partial charge in [-0.15, -0.1) is 10.2 Å². The summed E-state index contributed by atoms with van der Waals surface area (Å²) in [5, 5.41) is 8.01. The van der Waals surface area contributed by atoms with Gasteiger partial charge in [-0.3, -0.25) is 19.1 Å². The molecule has 0 aliphatic carbocycles. The topological polar surface area (TPSA) is 138 Å². The van der Waals surface area contributed by atoms with Crippen LogP contribution in [-0.4, -0.2) is 35.3 Å². The van der Waals surface area contributed by atoms with Crippen molar-refractivity contribution in [1.82, 2.24) is 29.3 Å². The average Bonchev–Trinajstić information content (AvgIpc) is 3.41. The van der Waals surface area contributed by atoms with Crippen molar-refractivity contribution < 1.29 is 13.9 Å². The number of unbranched alkanes of at least 4 members (excludes halogenated alkanes) is 1. The number of rotatable bonds is 9. The summed E-state index contributed by atoms with van der Waals surface area (Å²) in [6.45, 7) is 4.30. The number of hydrogen-bond acceptors (Lipinski definition) is 8. The largest absolute Gasteiger partial charge is 0.457 e. The Morgan fingerprint density at radius 2 is 1.94 bits per heavy atom. The molecule has 3 aromatic heterocycles. The molecule has 0 saturated heterocycles. The summed E-state index contributed by atoms with van der Waals surface area (Å²) in [4.78, 5) is 43.6. The zero-order valence-electron chi connectivity index (χ0n) is 19.3. The van der Waals surface area contributed by atoms with Crippen molar-refractivity contribution in [3.05, 3.63) is 62.4 Å². The molecular weight excluding hydrogens is 440 g/mol. The van der Waals surface area contributed by atoms with E-state index >= 15 is 0 Å². The monoisotopic (exact) mass is 466 g/mol. The molecule has 34 heavy (non-hydrogen) atoms. The Balaban J connectivity index is 1.40. The van der Waals surface area contributed by atoms with E-state index in [1.807, 2.05) is 38.1 Å². The van der Waals surface area contributed by atoms with Crippen molar-refractivity contribution in [3.8, 4) is 11.5 Å². The average molecular weight is 466 g/mol. The second-order valence-corrected chi connectivity index (χ2v) is 8.05. The first kappa shape index (κ1) is 23.1. The molecule has 4 aromatic rings. The van der Waals surface area contributed by atoms with Crippen LogP contribution >= 0.6 is 0 Å². The van der Waals surface area contributed by atoms with Gasteiger partial charge in [-0.25, -0.2) is 9.78 Å². The molecule has 0 saturated carbocycles. The van der Waals surface area contributed by atoms with Gasteiger partial charge in [-0.2, -0.15) is 0 Å². The van der Waals surface area contributed by atoms with Crippen LogP contribution in [0, 0.1) is 6.92 Å². The van der Waals surface area contributed by atoms with Crippen LogP contribution in [0.3, 0.4) is 0 Å². The van der Waals surface area contributed by atoms with Crippen LogP contribution in [0.15, 0.2) is 38.3 Å². The van der Waals surface area contributed by atoms with Crippen LogP contribution in [-0.2, 0) is 36.2 Å². The highest BCUT2D eigenvalue weighted by Gasteiger charge is 2.18. The van der Waals surface area contributed by atoms with E-state index in [0.717, 1.165) is 24.0 Å². The molecule has 0 atom stereocenters. The lowest BCUT2D eigenvalue weighted by atomic mass is 10.1. The number of carbonyl (C=O) groups excluding carboxylic acids is 1. The van der Waals surface area contributed by atoms with E-state index < -0.39 is 17.2 Å². The zero-order chi connectivity index (χ0) is 24.2. The lowest BCUT2D eigenvalue weighted by molar-refractivity contribution is -0.145.